The number of piperazine rings is 1. The molecular formula is C15H23N3O. The van der Waals surface area contributed by atoms with Crippen LogP contribution in [0.3, 0.4) is 0 Å². The molecule has 0 aliphatic carbocycles. The van der Waals surface area contributed by atoms with Gasteiger partial charge in [-0.2, -0.15) is 0 Å². The van der Waals surface area contributed by atoms with Crippen molar-refractivity contribution in [3.63, 3.8) is 0 Å². The Balaban J connectivity index is 2.10. The average Bonchev–Trinajstić information content (AvgIpc) is 2.37. The van der Waals surface area contributed by atoms with Crippen molar-refractivity contribution in [1.82, 2.24) is 10.6 Å². The van der Waals surface area contributed by atoms with Crippen molar-refractivity contribution in [3.8, 4) is 0 Å². The van der Waals surface area contributed by atoms with Crippen molar-refractivity contribution >= 4 is 11.6 Å². The highest BCUT2D eigenvalue weighted by molar-refractivity contribution is 5.97. The van der Waals surface area contributed by atoms with E-state index >= 15 is 0 Å². The normalized spacial score (nSPS) is 23.2. The molecule has 19 heavy (non-hydrogen) atoms. The molecule has 2 unspecified atom stereocenters. The van der Waals surface area contributed by atoms with Crippen LogP contribution in [-0.2, 0) is 4.79 Å². The molecule has 1 aliphatic rings. The van der Waals surface area contributed by atoms with Gasteiger partial charge in [0.2, 0.25) is 5.91 Å². The number of hydrogen-bond acceptors (Lipinski definition) is 3. The van der Waals surface area contributed by atoms with Gasteiger partial charge in [-0.1, -0.05) is 6.07 Å². The number of carbonyl (C=O) groups excluding carboxylic acids is 1. The molecule has 1 saturated heterocycles. The molecule has 1 aliphatic heterocycles. The fourth-order valence-electron chi connectivity index (χ4n) is 2.46. The van der Waals surface area contributed by atoms with Gasteiger partial charge in [0, 0.05) is 31.9 Å². The Hall–Kier alpha value is -1.39. The van der Waals surface area contributed by atoms with Gasteiger partial charge >= 0.3 is 0 Å². The summed E-state index contributed by atoms with van der Waals surface area (Å²) in [4.78, 5) is 14.2. The van der Waals surface area contributed by atoms with Crippen LogP contribution in [0.4, 0.5) is 5.69 Å². The first-order valence-corrected chi connectivity index (χ1v) is 6.80. The smallest absolute Gasteiger partial charge is 0.245 e. The van der Waals surface area contributed by atoms with Crippen LogP contribution in [0.5, 0.6) is 0 Å². The minimum absolute atomic E-state index is 0.115. The summed E-state index contributed by atoms with van der Waals surface area (Å²) in [6.07, 6.45) is 0. The van der Waals surface area contributed by atoms with E-state index in [0.717, 1.165) is 12.2 Å². The molecule has 2 N–H and O–H groups in total. The summed E-state index contributed by atoms with van der Waals surface area (Å²) in [6.45, 7) is 7.74. The number of hydrogen-bond donors (Lipinski definition) is 2. The van der Waals surface area contributed by atoms with Crippen molar-refractivity contribution in [2.24, 2.45) is 0 Å². The molecule has 2 atom stereocenters. The molecular weight excluding hydrogens is 238 g/mol. The van der Waals surface area contributed by atoms with E-state index in [1.165, 1.54) is 11.1 Å². The number of nitrogens with one attached hydrogen (secondary N) is 2. The van der Waals surface area contributed by atoms with E-state index in [1.807, 2.05) is 19.2 Å². The average molecular weight is 261 g/mol. The number of likely N-dealkylation sites (N-methyl/N-ethyl adjacent to an activating group) is 1. The lowest BCUT2D eigenvalue weighted by molar-refractivity contribution is -0.120. The van der Waals surface area contributed by atoms with Gasteiger partial charge in [-0.25, -0.2) is 0 Å². The topological polar surface area (TPSA) is 44.4 Å². The predicted octanol–water partition coefficient (Wildman–Crippen LogP) is 1.22. The largest absolute Gasteiger partial charge is 0.314 e. The molecule has 0 bridgehead atoms. The maximum absolute atomic E-state index is 12.5. The van der Waals surface area contributed by atoms with Gasteiger partial charge in [0.15, 0.2) is 0 Å². The van der Waals surface area contributed by atoms with Gasteiger partial charge in [-0.3, -0.25) is 4.79 Å². The molecule has 1 heterocycles. The highest BCUT2D eigenvalue weighted by Gasteiger charge is 2.26. The fraction of sp³-hybridized carbons (Fsp3) is 0.533. The molecule has 1 aromatic carbocycles. The maximum Gasteiger partial charge on any atom is 0.245 e. The molecule has 0 radical (unpaired) electrons. The summed E-state index contributed by atoms with van der Waals surface area (Å²) < 4.78 is 0. The van der Waals surface area contributed by atoms with Gasteiger partial charge in [-0.05, 0) is 44.0 Å². The quantitative estimate of drug-likeness (QED) is 0.841. The van der Waals surface area contributed by atoms with Crippen LogP contribution in [-0.4, -0.2) is 38.1 Å². The van der Waals surface area contributed by atoms with E-state index in [0.29, 0.717) is 12.6 Å². The lowest BCUT2D eigenvalue weighted by Gasteiger charge is -2.31. The number of carbonyl (C=O) groups is 1. The molecule has 4 heteroatoms. The van der Waals surface area contributed by atoms with Crippen LogP contribution >= 0.6 is 0 Å². The first-order chi connectivity index (χ1) is 8.97. The van der Waals surface area contributed by atoms with Gasteiger partial charge in [0.1, 0.15) is 0 Å². The summed E-state index contributed by atoms with van der Waals surface area (Å²) in [5, 5.41) is 6.63. The molecule has 104 valence electrons. The number of amides is 1. The van der Waals surface area contributed by atoms with Crippen molar-refractivity contribution in [2.75, 3.05) is 25.0 Å². The lowest BCUT2D eigenvalue weighted by Crippen LogP contribution is -2.59. The standard InChI is InChI=1S/C15H23N3O/c1-10-5-11(2)7-13(6-10)18(4)15(19)14-9-16-12(3)8-17-14/h5-7,12,14,16-17H,8-9H2,1-4H3. The van der Waals surface area contributed by atoms with Gasteiger partial charge in [0.05, 0.1) is 6.04 Å². The van der Waals surface area contributed by atoms with Crippen LogP contribution in [0.2, 0.25) is 0 Å². The molecule has 1 amide bonds. The molecule has 2 rings (SSSR count). The Morgan fingerprint density at radius 1 is 1.16 bits per heavy atom. The summed E-state index contributed by atoms with van der Waals surface area (Å²) in [6, 6.07) is 6.50. The van der Waals surface area contributed by atoms with Crippen molar-refractivity contribution in [1.29, 1.82) is 0 Å². The SMILES string of the molecule is Cc1cc(C)cc(N(C)C(=O)C2CNC(C)CN2)c1. The Kier molecular flexibility index (Phi) is 4.22. The third kappa shape index (κ3) is 3.33. The Labute approximate surface area is 115 Å². The van der Waals surface area contributed by atoms with Crippen molar-refractivity contribution < 1.29 is 4.79 Å². The van der Waals surface area contributed by atoms with Crippen LogP contribution < -0.4 is 15.5 Å². The highest BCUT2D eigenvalue weighted by atomic mass is 16.2. The minimum Gasteiger partial charge on any atom is -0.314 e. The van der Waals surface area contributed by atoms with Gasteiger partial charge in [0.25, 0.3) is 0 Å². The van der Waals surface area contributed by atoms with E-state index in [2.05, 4.69) is 37.5 Å². The number of aryl methyl sites for hydroxylation is 2. The zero-order chi connectivity index (χ0) is 14.0. The van der Waals surface area contributed by atoms with E-state index in [9.17, 15) is 4.79 Å². The van der Waals surface area contributed by atoms with Crippen LogP contribution in [0.25, 0.3) is 0 Å². The summed E-state index contributed by atoms with van der Waals surface area (Å²) >= 11 is 0. The third-order valence-electron chi connectivity index (χ3n) is 3.56. The second-order valence-electron chi connectivity index (χ2n) is 5.51. The van der Waals surface area contributed by atoms with Crippen LogP contribution in [0, 0.1) is 13.8 Å². The maximum atomic E-state index is 12.5. The minimum atomic E-state index is -0.137. The predicted molar refractivity (Wildman–Crippen MR) is 78.6 cm³/mol. The molecule has 1 aromatic rings. The molecule has 0 saturated carbocycles. The molecule has 1 fully saturated rings. The monoisotopic (exact) mass is 261 g/mol. The number of anilines is 1. The Bertz CT molecular complexity index is 444. The van der Waals surface area contributed by atoms with Crippen LogP contribution in [0.1, 0.15) is 18.1 Å². The summed E-state index contributed by atoms with van der Waals surface area (Å²) in [5.41, 5.74) is 3.32. The second kappa shape index (κ2) is 5.72. The van der Waals surface area contributed by atoms with Crippen molar-refractivity contribution in [3.05, 3.63) is 29.3 Å². The second-order valence-corrected chi connectivity index (χ2v) is 5.51. The third-order valence-corrected chi connectivity index (χ3v) is 3.56. The van der Waals surface area contributed by atoms with E-state index in [-0.39, 0.29) is 11.9 Å². The van der Waals surface area contributed by atoms with E-state index in [1.54, 1.807) is 4.90 Å². The number of rotatable bonds is 2. The van der Waals surface area contributed by atoms with Crippen molar-refractivity contribution in [2.45, 2.75) is 32.9 Å². The zero-order valence-electron chi connectivity index (χ0n) is 12.2. The van der Waals surface area contributed by atoms with E-state index < -0.39 is 0 Å². The molecule has 0 aromatic heterocycles. The molecule has 0 spiro atoms. The lowest BCUT2D eigenvalue weighted by atomic mass is 10.1. The van der Waals surface area contributed by atoms with E-state index in [4.69, 9.17) is 0 Å². The Morgan fingerprint density at radius 3 is 2.32 bits per heavy atom. The zero-order valence-corrected chi connectivity index (χ0v) is 12.2. The highest BCUT2D eigenvalue weighted by Crippen LogP contribution is 2.18. The number of benzene rings is 1. The fourth-order valence-corrected chi connectivity index (χ4v) is 2.46. The Morgan fingerprint density at radius 2 is 1.79 bits per heavy atom. The van der Waals surface area contributed by atoms with Crippen LogP contribution in [0.15, 0.2) is 18.2 Å². The summed E-state index contributed by atoms with van der Waals surface area (Å²) in [7, 11) is 1.84. The first kappa shape index (κ1) is 14.0. The first-order valence-electron chi connectivity index (χ1n) is 6.80. The molecule has 4 nitrogen and oxygen atoms in total. The van der Waals surface area contributed by atoms with Gasteiger partial charge < -0.3 is 15.5 Å². The van der Waals surface area contributed by atoms with Gasteiger partial charge in [-0.15, -0.1) is 0 Å². The number of nitrogens with zero attached hydrogens (tertiary/aromatic N) is 1. The summed E-state index contributed by atoms with van der Waals surface area (Å²) in [5.74, 6) is 0.115.